The van der Waals surface area contributed by atoms with Crippen LogP contribution in [0.15, 0.2) is 97.1 Å². The Bertz CT molecular complexity index is 1650. The van der Waals surface area contributed by atoms with Gasteiger partial charge in [-0.2, -0.15) is 0 Å². The summed E-state index contributed by atoms with van der Waals surface area (Å²) in [6.45, 7) is 0. The van der Waals surface area contributed by atoms with Crippen molar-refractivity contribution >= 4 is 12.0 Å². The van der Waals surface area contributed by atoms with Crippen molar-refractivity contribution in [2.45, 2.75) is 32.1 Å². The molecule has 0 saturated carbocycles. The summed E-state index contributed by atoms with van der Waals surface area (Å²) in [5, 5.41) is 23.3. The first kappa shape index (κ1) is 29.4. The molecule has 0 aliphatic heterocycles. The van der Waals surface area contributed by atoms with Gasteiger partial charge in [-0.3, -0.25) is 0 Å². The van der Waals surface area contributed by atoms with Gasteiger partial charge in [0.1, 0.15) is 11.6 Å². The van der Waals surface area contributed by atoms with Crippen LogP contribution in [0.25, 0.3) is 17.5 Å². The lowest BCUT2D eigenvalue weighted by Crippen LogP contribution is -2.05. The number of nitrogens with zero attached hydrogens (tertiary/aromatic N) is 3. The van der Waals surface area contributed by atoms with Crippen molar-refractivity contribution in [1.82, 2.24) is 20.6 Å². The maximum absolute atomic E-state index is 14.4. The van der Waals surface area contributed by atoms with Crippen molar-refractivity contribution in [3.8, 4) is 17.1 Å². The number of nitrogens with one attached hydrogen (secondary N) is 1. The van der Waals surface area contributed by atoms with Gasteiger partial charge in [-0.1, -0.05) is 66.7 Å². The number of carbonyl (C=O) groups is 1. The first-order chi connectivity index (χ1) is 21.0. The number of carboxylic acid groups (broad SMARTS) is 1. The van der Waals surface area contributed by atoms with Crippen LogP contribution in [0.1, 0.15) is 44.6 Å². The van der Waals surface area contributed by atoms with Crippen molar-refractivity contribution in [2.24, 2.45) is 5.92 Å². The smallest absolute Gasteiger partial charge is 0.335 e. The zero-order valence-corrected chi connectivity index (χ0v) is 23.9. The summed E-state index contributed by atoms with van der Waals surface area (Å²) < 4.78 is 19.6. The molecule has 0 fully saturated rings. The van der Waals surface area contributed by atoms with Crippen LogP contribution in [0.4, 0.5) is 4.39 Å². The Morgan fingerprint density at radius 3 is 2.28 bits per heavy atom. The van der Waals surface area contributed by atoms with E-state index in [4.69, 9.17) is 4.74 Å². The SMILES string of the molecule is COc1ccc(CCc2ccc(F)cc2C=CC(CCc2ccc(C(=O)O)cc2)Cc2ccc(-c3nnn[nH]3)cc2)cc1. The lowest BCUT2D eigenvalue weighted by atomic mass is 9.90. The topological polar surface area (TPSA) is 101 Å². The van der Waals surface area contributed by atoms with Crippen molar-refractivity contribution in [3.63, 3.8) is 0 Å². The molecule has 218 valence electrons. The van der Waals surface area contributed by atoms with Gasteiger partial charge in [-0.25, -0.2) is 14.3 Å². The summed E-state index contributed by atoms with van der Waals surface area (Å²) in [4.78, 5) is 11.3. The number of halogens is 1. The molecule has 8 heteroatoms. The van der Waals surface area contributed by atoms with Gasteiger partial charge in [0.05, 0.1) is 12.7 Å². The van der Waals surface area contributed by atoms with Gasteiger partial charge >= 0.3 is 5.97 Å². The van der Waals surface area contributed by atoms with Gasteiger partial charge < -0.3 is 9.84 Å². The highest BCUT2D eigenvalue weighted by Gasteiger charge is 2.11. The average Bonchev–Trinajstić information content (AvgIpc) is 3.58. The third kappa shape index (κ3) is 8.23. The predicted molar refractivity (Wildman–Crippen MR) is 164 cm³/mol. The van der Waals surface area contributed by atoms with Crippen LogP contribution in [0.3, 0.4) is 0 Å². The van der Waals surface area contributed by atoms with Crippen LogP contribution in [-0.4, -0.2) is 38.8 Å². The fourth-order valence-corrected chi connectivity index (χ4v) is 5.07. The fourth-order valence-electron chi connectivity index (χ4n) is 5.07. The van der Waals surface area contributed by atoms with E-state index in [0.717, 1.165) is 65.7 Å². The Hall–Kier alpha value is -5.11. The highest BCUT2D eigenvalue weighted by Crippen LogP contribution is 2.23. The van der Waals surface area contributed by atoms with Crippen LogP contribution >= 0.6 is 0 Å². The molecule has 0 bridgehead atoms. The number of aromatic nitrogens is 4. The van der Waals surface area contributed by atoms with E-state index in [-0.39, 0.29) is 17.3 Å². The zero-order chi connectivity index (χ0) is 30.0. The maximum atomic E-state index is 14.4. The molecule has 0 aliphatic rings. The van der Waals surface area contributed by atoms with Crippen LogP contribution in [0, 0.1) is 11.7 Å². The number of aromatic carboxylic acids is 1. The van der Waals surface area contributed by atoms with E-state index in [9.17, 15) is 14.3 Å². The summed E-state index contributed by atoms with van der Waals surface area (Å²) in [6.07, 6.45) is 8.24. The lowest BCUT2D eigenvalue weighted by Gasteiger charge is -2.15. The van der Waals surface area contributed by atoms with E-state index in [0.29, 0.717) is 5.82 Å². The Kier molecular flexibility index (Phi) is 9.69. The summed E-state index contributed by atoms with van der Waals surface area (Å²) in [6, 6.07) is 28.2. The third-order valence-electron chi connectivity index (χ3n) is 7.57. The minimum atomic E-state index is -0.935. The highest BCUT2D eigenvalue weighted by molar-refractivity contribution is 5.87. The molecular formula is C35H33FN4O3. The van der Waals surface area contributed by atoms with E-state index in [1.165, 1.54) is 11.6 Å². The number of tetrazole rings is 1. The number of allylic oxidation sites excluding steroid dienone is 1. The Labute approximate surface area is 250 Å². The molecule has 5 rings (SSSR count). The minimum absolute atomic E-state index is 0.162. The molecule has 1 aromatic heterocycles. The standard InChI is InChI=1S/C35H33FN4O3/c1-43-33-20-10-25(11-21-33)4-12-28-18-19-32(36)23-31(28)17-9-26(3-2-24-5-15-30(16-6-24)35(41)42)22-27-7-13-29(14-8-27)34-37-39-40-38-34/h5-11,13-21,23,26H,2-4,12,22H2,1H3,(H,41,42)(H,37,38,39,40). The van der Waals surface area contributed by atoms with Gasteiger partial charge in [0.15, 0.2) is 5.82 Å². The van der Waals surface area contributed by atoms with Crippen molar-refractivity contribution in [1.29, 1.82) is 0 Å². The molecule has 0 aliphatic carbocycles. The summed E-state index contributed by atoms with van der Waals surface area (Å²) in [7, 11) is 1.65. The molecule has 43 heavy (non-hydrogen) atoms. The van der Waals surface area contributed by atoms with E-state index >= 15 is 0 Å². The number of ether oxygens (including phenoxy) is 1. The Balaban J connectivity index is 1.33. The zero-order valence-electron chi connectivity index (χ0n) is 23.9. The quantitative estimate of drug-likeness (QED) is 0.157. The average molecular weight is 577 g/mol. The number of benzene rings is 4. The molecule has 0 saturated heterocycles. The lowest BCUT2D eigenvalue weighted by molar-refractivity contribution is 0.0697. The number of H-pyrrole nitrogens is 1. The first-order valence-corrected chi connectivity index (χ1v) is 14.2. The second-order valence-electron chi connectivity index (χ2n) is 10.5. The van der Waals surface area contributed by atoms with Crippen LogP contribution < -0.4 is 4.74 Å². The number of methoxy groups -OCH3 is 1. The molecule has 2 N–H and O–H groups in total. The number of carboxylic acids is 1. The van der Waals surface area contributed by atoms with Gasteiger partial charge in [-0.15, -0.1) is 5.10 Å². The molecule has 0 spiro atoms. The van der Waals surface area contributed by atoms with Gasteiger partial charge in [0.25, 0.3) is 0 Å². The van der Waals surface area contributed by atoms with Gasteiger partial charge in [0, 0.05) is 5.56 Å². The van der Waals surface area contributed by atoms with Gasteiger partial charge in [0.2, 0.25) is 0 Å². The number of hydrogen-bond acceptors (Lipinski definition) is 5. The number of aryl methyl sites for hydroxylation is 3. The van der Waals surface area contributed by atoms with Crippen molar-refractivity contribution in [3.05, 3.63) is 136 Å². The second-order valence-corrected chi connectivity index (χ2v) is 10.5. The third-order valence-corrected chi connectivity index (χ3v) is 7.57. The minimum Gasteiger partial charge on any atom is -0.497 e. The molecule has 4 aromatic carbocycles. The van der Waals surface area contributed by atoms with Crippen LogP contribution in [-0.2, 0) is 25.7 Å². The first-order valence-electron chi connectivity index (χ1n) is 14.2. The molecule has 7 nitrogen and oxygen atoms in total. The van der Waals surface area contributed by atoms with E-state index < -0.39 is 5.97 Å². The molecule has 1 unspecified atom stereocenters. The Morgan fingerprint density at radius 1 is 0.907 bits per heavy atom. The van der Waals surface area contributed by atoms with E-state index in [1.54, 1.807) is 25.3 Å². The summed E-state index contributed by atoms with van der Waals surface area (Å²) in [5.41, 5.74) is 6.56. The summed E-state index contributed by atoms with van der Waals surface area (Å²) in [5.74, 6) is 0.397. The fraction of sp³-hybridized carbons (Fsp3) is 0.200. The molecule has 0 radical (unpaired) electrons. The van der Waals surface area contributed by atoms with Crippen LogP contribution in [0.2, 0.25) is 0 Å². The molecule has 0 amide bonds. The predicted octanol–water partition coefficient (Wildman–Crippen LogP) is 7.00. The molecule has 1 atom stereocenters. The normalized spacial score (nSPS) is 12.0. The van der Waals surface area contributed by atoms with E-state index in [1.807, 2.05) is 48.5 Å². The molecular weight excluding hydrogens is 543 g/mol. The van der Waals surface area contributed by atoms with Crippen molar-refractivity contribution in [2.75, 3.05) is 7.11 Å². The second kappa shape index (κ2) is 14.2. The summed E-state index contributed by atoms with van der Waals surface area (Å²) >= 11 is 0. The number of hydrogen-bond donors (Lipinski definition) is 2. The highest BCUT2D eigenvalue weighted by atomic mass is 19.1. The maximum Gasteiger partial charge on any atom is 0.335 e. The number of aromatic amines is 1. The Morgan fingerprint density at radius 2 is 1.60 bits per heavy atom. The number of rotatable bonds is 13. The van der Waals surface area contributed by atoms with Gasteiger partial charge in [-0.05, 0) is 113 Å². The van der Waals surface area contributed by atoms with Crippen LogP contribution in [0.5, 0.6) is 5.75 Å². The van der Waals surface area contributed by atoms with E-state index in [2.05, 4.69) is 51.0 Å². The monoisotopic (exact) mass is 576 g/mol. The molecule has 1 heterocycles. The largest absolute Gasteiger partial charge is 0.497 e. The molecule has 5 aromatic rings. The van der Waals surface area contributed by atoms with Crippen molar-refractivity contribution < 1.29 is 19.0 Å².